The van der Waals surface area contributed by atoms with Crippen molar-refractivity contribution in [1.29, 1.82) is 0 Å². The second-order valence-electron chi connectivity index (χ2n) is 2.38. The molecular weight excluding hydrogens is 140 g/mol. The van der Waals surface area contributed by atoms with Gasteiger partial charge < -0.3 is 4.98 Å². The van der Waals surface area contributed by atoms with E-state index in [0.717, 1.165) is 11.3 Å². The Morgan fingerprint density at radius 1 is 1.55 bits per heavy atom. The molecule has 2 aromatic heterocycles. The van der Waals surface area contributed by atoms with E-state index in [-0.39, 0.29) is 0 Å². The molecule has 0 unspecified atom stereocenters. The average molecular weight is 148 g/mol. The first kappa shape index (κ1) is 6.15. The lowest BCUT2D eigenvalue weighted by Gasteiger charge is -1.83. The summed E-state index contributed by atoms with van der Waals surface area (Å²) in [4.78, 5) is 2.96. The molecule has 0 atom stereocenters. The number of nitrogens with zero attached hydrogens (tertiary/aromatic N) is 3. The molecule has 0 saturated carbocycles. The fourth-order valence-corrected chi connectivity index (χ4v) is 0.963. The normalized spacial score (nSPS) is 10.3. The molecular formula is C7H8N4. The Balaban J connectivity index is 2.45. The number of aromatic nitrogens is 4. The van der Waals surface area contributed by atoms with E-state index >= 15 is 0 Å². The third-order valence-corrected chi connectivity index (χ3v) is 1.50. The van der Waals surface area contributed by atoms with Gasteiger partial charge in [0.25, 0.3) is 0 Å². The molecule has 2 aromatic rings. The van der Waals surface area contributed by atoms with Gasteiger partial charge in [-0.2, -0.15) is 0 Å². The van der Waals surface area contributed by atoms with Crippen molar-refractivity contribution < 1.29 is 0 Å². The smallest absolute Gasteiger partial charge is 0.114 e. The Labute approximate surface area is 63.9 Å². The van der Waals surface area contributed by atoms with Crippen molar-refractivity contribution in [2.45, 2.75) is 0 Å². The SMILES string of the molecule is Cn1cc(-c2cc[nH]c2)nn1. The van der Waals surface area contributed by atoms with Crippen molar-refractivity contribution >= 4 is 0 Å². The van der Waals surface area contributed by atoms with Gasteiger partial charge in [-0.1, -0.05) is 5.21 Å². The van der Waals surface area contributed by atoms with E-state index in [1.165, 1.54) is 0 Å². The van der Waals surface area contributed by atoms with E-state index in [0.29, 0.717) is 0 Å². The predicted molar refractivity (Wildman–Crippen MR) is 40.8 cm³/mol. The lowest BCUT2D eigenvalue weighted by atomic mass is 10.3. The van der Waals surface area contributed by atoms with Crippen molar-refractivity contribution in [3.63, 3.8) is 0 Å². The first-order valence-electron chi connectivity index (χ1n) is 3.36. The molecule has 0 aliphatic heterocycles. The minimum atomic E-state index is 0.897. The van der Waals surface area contributed by atoms with Crippen LogP contribution < -0.4 is 0 Å². The summed E-state index contributed by atoms with van der Waals surface area (Å²) in [6.45, 7) is 0. The fraction of sp³-hybridized carbons (Fsp3) is 0.143. The summed E-state index contributed by atoms with van der Waals surface area (Å²) in [5.41, 5.74) is 1.96. The number of aryl methyl sites for hydroxylation is 1. The molecule has 0 bridgehead atoms. The molecule has 4 heteroatoms. The molecule has 4 nitrogen and oxygen atoms in total. The van der Waals surface area contributed by atoms with Gasteiger partial charge in [0.2, 0.25) is 0 Å². The van der Waals surface area contributed by atoms with Crippen LogP contribution in [0.1, 0.15) is 0 Å². The zero-order valence-electron chi connectivity index (χ0n) is 6.15. The van der Waals surface area contributed by atoms with Crippen LogP contribution in [0.4, 0.5) is 0 Å². The highest BCUT2D eigenvalue weighted by atomic mass is 15.4. The highest BCUT2D eigenvalue weighted by Crippen LogP contribution is 2.13. The minimum absolute atomic E-state index is 0.897. The van der Waals surface area contributed by atoms with Crippen LogP contribution in [0.25, 0.3) is 11.3 Å². The molecule has 0 radical (unpaired) electrons. The van der Waals surface area contributed by atoms with Crippen molar-refractivity contribution in [2.75, 3.05) is 0 Å². The molecule has 2 rings (SSSR count). The van der Waals surface area contributed by atoms with Gasteiger partial charge in [-0.3, -0.25) is 4.68 Å². The van der Waals surface area contributed by atoms with Crippen molar-refractivity contribution in [3.8, 4) is 11.3 Å². The van der Waals surface area contributed by atoms with Crippen LogP contribution in [0.2, 0.25) is 0 Å². The lowest BCUT2D eigenvalue weighted by molar-refractivity contribution is 0.715. The molecule has 56 valence electrons. The first-order chi connectivity index (χ1) is 5.36. The van der Waals surface area contributed by atoms with Crippen molar-refractivity contribution in [3.05, 3.63) is 24.7 Å². The number of H-pyrrole nitrogens is 1. The second kappa shape index (κ2) is 2.23. The molecule has 0 aromatic carbocycles. The average Bonchev–Trinajstić information content (AvgIpc) is 2.55. The summed E-state index contributed by atoms with van der Waals surface area (Å²) in [5, 5.41) is 7.78. The molecule has 0 fully saturated rings. The summed E-state index contributed by atoms with van der Waals surface area (Å²) in [7, 11) is 1.85. The Morgan fingerprint density at radius 2 is 2.45 bits per heavy atom. The number of rotatable bonds is 1. The molecule has 0 spiro atoms. The van der Waals surface area contributed by atoms with E-state index in [1.54, 1.807) is 4.68 Å². The van der Waals surface area contributed by atoms with Gasteiger partial charge >= 0.3 is 0 Å². The predicted octanol–water partition coefficient (Wildman–Crippen LogP) is 0.810. The fourth-order valence-electron chi connectivity index (χ4n) is 0.963. The maximum atomic E-state index is 3.95. The standard InChI is InChI=1S/C7H8N4/c1-11-5-7(9-10-11)6-2-3-8-4-6/h2-5,8H,1H3. The van der Waals surface area contributed by atoms with Crippen LogP contribution in [0.5, 0.6) is 0 Å². The van der Waals surface area contributed by atoms with Crippen LogP contribution >= 0.6 is 0 Å². The molecule has 0 amide bonds. The zero-order valence-corrected chi connectivity index (χ0v) is 6.15. The van der Waals surface area contributed by atoms with Gasteiger partial charge in [-0.05, 0) is 6.07 Å². The Hall–Kier alpha value is -1.58. The van der Waals surface area contributed by atoms with Crippen LogP contribution in [-0.4, -0.2) is 20.0 Å². The van der Waals surface area contributed by atoms with Crippen molar-refractivity contribution in [1.82, 2.24) is 20.0 Å². The van der Waals surface area contributed by atoms with Crippen LogP contribution in [-0.2, 0) is 7.05 Å². The van der Waals surface area contributed by atoms with Gasteiger partial charge in [0, 0.05) is 25.0 Å². The minimum Gasteiger partial charge on any atom is -0.367 e. The molecule has 2 heterocycles. The monoisotopic (exact) mass is 148 g/mol. The van der Waals surface area contributed by atoms with Crippen LogP contribution in [0, 0.1) is 0 Å². The number of hydrogen-bond acceptors (Lipinski definition) is 2. The largest absolute Gasteiger partial charge is 0.367 e. The maximum absolute atomic E-state index is 3.95. The highest BCUT2D eigenvalue weighted by molar-refractivity contribution is 5.55. The van der Waals surface area contributed by atoms with E-state index < -0.39 is 0 Å². The number of nitrogens with one attached hydrogen (secondary N) is 1. The highest BCUT2D eigenvalue weighted by Gasteiger charge is 2.00. The quantitative estimate of drug-likeness (QED) is 0.650. The Morgan fingerprint density at radius 3 is 3.00 bits per heavy atom. The van der Waals surface area contributed by atoms with Gasteiger partial charge in [0.15, 0.2) is 0 Å². The van der Waals surface area contributed by atoms with E-state index in [1.807, 2.05) is 31.7 Å². The molecule has 11 heavy (non-hydrogen) atoms. The van der Waals surface area contributed by atoms with Gasteiger partial charge in [0.1, 0.15) is 5.69 Å². The summed E-state index contributed by atoms with van der Waals surface area (Å²) in [6.07, 6.45) is 5.64. The molecule has 0 saturated heterocycles. The number of aromatic amines is 1. The molecule has 0 aliphatic rings. The lowest BCUT2D eigenvalue weighted by Crippen LogP contribution is -1.85. The van der Waals surface area contributed by atoms with Crippen LogP contribution in [0.15, 0.2) is 24.7 Å². The Kier molecular flexibility index (Phi) is 1.25. The second-order valence-corrected chi connectivity index (χ2v) is 2.38. The molecule has 1 N–H and O–H groups in total. The number of hydrogen-bond donors (Lipinski definition) is 1. The third-order valence-electron chi connectivity index (χ3n) is 1.50. The van der Waals surface area contributed by atoms with Crippen LogP contribution in [0.3, 0.4) is 0 Å². The summed E-state index contributed by atoms with van der Waals surface area (Å²) in [5.74, 6) is 0. The van der Waals surface area contributed by atoms with Crippen molar-refractivity contribution in [2.24, 2.45) is 7.05 Å². The third kappa shape index (κ3) is 1.02. The summed E-state index contributed by atoms with van der Waals surface area (Å²) < 4.78 is 1.68. The van der Waals surface area contributed by atoms with Gasteiger partial charge in [0.05, 0.1) is 6.20 Å². The first-order valence-corrected chi connectivity index (χ1v) is 3.36. The zero-order chi connectivity index (χ0) is 7.68. The topological polar surface area (TPSA) is 46.5 Å². The maximum Gasteiger partial charge on any atom is 0.114 e. The van der Waals surface area contributed by atoms with E-state index in [9.17, 15) is 0 Å². The van der Waals surface area contributed by atoms with E-state index in [4.69, 9.17) is 0 Å². The van der Waals surface area contributed by atoms with E-state index in [2.05, 4.69) is 15.3 Å². The van der Waals surface area contributed by atoms with Gasteiger partial charge in [-0.15, -0.1) is 5.10 Å². The Bertz CT molecular complexity index is 333. The summed E-state index contributed by atoms with van der Waals surface area (Å²) in [6, 6.07) is 1.96. The molecule has 0 aliphatic carbocycles. The summed E-state index contributed by atoms with van der Waals surface area (Å²) >= 11 is 0. The van der Waals surface area contributed by atoms with Gasteiger partial charge in [-0.25, -0.2) is 0 Å².